The first-order valence-electron chi connectivity index (χ1n) is 6.35. The van der Waals surface area contributed by atoms with Crippen LogP contribution < -0.4 is 0 Å². The lowest BCUT2D eigenvalue weighted by Crippen LogP contribution is -2.52. The van der Waals surface area contributed by atoms with E-state index >= 15 is 0 Å². The maximum absolute atomic E-state index is 12.5. The number of rotatable bonds is 6. The van der Waals surface area contributed by atoms with Gasteiger partial charge in [-0.3, -0.25) is 4.79 Å². The van der Waals surface area contributed by atoms with Gasteiger partial charge >= 0.3 is 18.2 Å². The average molecular weight is 298 g/mol. The number of nitrogens with zero attached hydrogens (tertiary/aromatic N) is 2. The summed E-state index contributed by atoms with van der Waals surface area (Å²) in [4.78, 5) is 24.7. The van der Waals surface area contributed by atoms with E-state index in [1.807, 2.05) is 0 Å². The third-order valence-electron chi connectivity index (χ3n) is 2.81. The number of carbonyl (C=O) groups is 2. The van der Waals surface area contributed by atoms with Crippen LogP contribution in [0, 0.1) is 0 Å². The van der Waals surface area contributed by atoms with Gasteiger partial charge in [-0.05, 0) is 27.7 Å². The molecule has 0 aliphatic carbocycles. The van der Waals surface area contributed by atoms with Gasteiger partial charge in [0.05, 0.1) is 6.42 Å². The molecule has 1 unspecified atom stereocenters. The molecule has 0 aromatic heterocycles. The van der Waals surface area contributed by atoms with Crippen LogP contribution in [0.4, 0.5) is 18.0 Å². The summed E-state index contributed by atoms with van der Waals surface area (Å²) in [6.07, 6.45) is -4.80. The van der Waals surface area contributed by atoms with Gasteiger partial charge in [0.15, 0.2) is 0 Å². The normalized spacial score (nSPS) is 13.2. The van der Waals surface area contributed by atoms with Crippen molar-refractivity contribution in [2.24, 2.45) is 0 Å². The molecule has 118 valence electrons. The highest BCUT2D eigenvalue weighted by Crippen LogP contribution is 2.20. The van der Waals surface area contributed by atoms with Crippen LogP contribution in [0.15, 0.2) is 0 Å². The molecule has 0 saturated carbocycles. The molecule has 0 heterocycles. The highest BCUT2D eigenvalue weighted by Gasteiger charge is 2.36. The Balaban J connectivity index is 5.05. The molecule has 5 nitrogen and oxygen atoms in total. The van der Waals surface area contributed by atoms with Gasteiger partial charge in [0.25, 0.3) is 0 Å². The highest BCUT2D eigenvalue weighted by atomic mass is 19.4. The smallest absolute Gasteiger partial charge is 0.406 e. The molecule has 0 aliphatic rings. The van der Waals surface area contributed by atoms with Crippen molar-refractivity contribution in [3.8, 4) is 0 Å². The fourth-order valence-corrected chi connectivity index (χ4v) is 1.83. The maximum Gasteiger partial charge on any atom is 0.406 e. The molecule has 0 aliphatic heterocycles. The summed E-state index contributed by atoms with van der Waals surface area (Å²) in [6, 6.07) is -2.09. The minimum absolute atomic E-state index is 0.147. The number of carboxylic acids is 1. The maximum atomic E-state index is 12.5. The van der Waals surface area contributed by atoms with E-state index < -0.39 is 36.8 Å². The summed E-state index contributed by atoms with van der Waals surface area (Å²) in [5.41, 5.74) is 0. The molecule has 8 heteroatoms. The fraction of sp³-hybridized carbons (Fsp3) is 0.833. The zero-order valence-corrected chi connectivity index (χ0v) is 12.1. The van der Waals surface area contributed by atoms with Crippen molar-refractivity contribution in [2.45, 2.75) is 52.4 Å². The number of alkyl halides is 3. The van der Waals surface area contributed by atoms with E-state index in [4.69, 9.17) is 5.11 Å². The first-order valence-corrected chi connectivity index (χ1v) is 6.35. The Morgan fingerprint density at radius 2 is 1.65 bits per heavy atom. The number of hydrogen-bond donors (Lipinski definition) is 1. The van der Waals surface area contributed by atoms with Gasteiger partial charge in [-0.1, -0.05) is 0 Å². The minimum atomic E-state index is -4.49. The number of carbonyl (C=O) groups excluding carboxylic acids is 1. The van der Waals surface area contributed by atoms with Crippen molar-refractivity contribution >= 4 is 12.0 Å². The average Bonchev–Trinajstić information content (AvgIpc) is 2.23. The van der Waals surface area contributed by atoms with Gasteiger partial charge < -0.3 is 14.9 Å². The molecule has 0 fully saturated rings. The van der Waals surface area contributed by atoms with Crippen molar-refractivity contribution < 1.29 is 27.9 Å². The second-order valence-electron chi connectivity index (χ2n) is 4.85. The second kappa shape index (κ2) is 7.35. The molecule has 2 amide bonds. The molecule has 0 spiro atoms. The van der Waals surface area contributed by atoms with Crippen molar-refractivity contribution in [2.75, 3.05) is 13.1 Å². The van der Waals surface area contributed by atoms with Crippen molar-refractivity contribution in [3.05, 3.63) is 0 Å². The van der Waals surface area contributed by atoms with E-state index in [-0.39, 0.29) is 13.0 Å². The highest BCUT2D eigenvalue weighted by molar-refractivity contribution is 5.76. The molecule has 20 heavy (non-hydrogen) atoms. The lowest BCUT2D eigenvalue weighted by Gasteiger charge is -2.36. The van der Waals surface area contributed by atoms with Crippen molar-refractivity contribution in [3.63, 3.8) is 0 Å². The third kappa shape index (κ3) is 6.12. The predicted octanol–water partition coefficient (Wildman–Crippen LogP) is 2.56. The molecule has 1 N–H and O–H groups in total. The van der Waals surface area contributed by atoms with E-state index in [1.165, 1.54) is 20.8 Å². The predicted molar refractivity (Wildman–Crippen MR) is 67.4 cm³/mol. The van der Waals surface area contributed by atoms with Crippen molar-refractivity contribution in [1.29, 1.82) is 0 Å². The van der Waals surface area contributed by atoms with Gasteiger partial charge in [0.1, 0.15) is 6.54 Å². The van der Waals surface area contributed by atoms with Crippen LogP contribution in [-0.4, -0.2) is 58.3 Å². The minimum Gasteiger partial charge on any atom is -0.481 e. The van der Waals surface area contributed by atoms with E-state index in [0.717, 1.165) is 4.90 Å². The van der Waals surface area contributed by atoms with E-state index in [1.54, 1.807) is 6.92 Å². The molecule has 0 radical (unpaired) electrons. The molecule has 0 bridgehead atoms. The molecule has 1 atom stereocenters. The second-order valence-corrected chi connectivity index (χ2v) is 4.85. The first-order chi connectivity index (χ1) is 8.99. The summed E-state index contributed by atoms with van der Waals surface area (Å²) < 4.78 is 37.5. The van der Waals surface area contributed by atoms with Gasteiger partial charge in [0.2, 0.25) is 0 Å². The number of hydrogen-bond acceptors (Lipinski definition) is 2. The summed E-state index contributed by atoms with van der Waals surface area (Å²) in [6.45, 7) is 4.87. The molecular formula is C12H21F3N2O3. The zero-order chi connectivity index (χ0) is 16.1. The topological polar surface area (TPSA) is 60.9 Å². The van der Waals surface area contributed by atoms with Crippen LogP contribution in [-0.2, 0) is 4.79 Å². The number of halogens is 3. The standard InChI is InChI=1S/C12H21F3N2O3/c1-5-16(9(4)6-10(18)19)11(20)17(8(2)3)7-12(13,14)15/h8-9H,5-7H2,1-4H3,(H,18,19). The largest absolute Gasteiger partial charge is 0.481 e. The van der Waals surface area contributed by atoms with Crippen LogP contribution in [0.25, 0.3) is 0 Å². The van der Waals surface area contributed by atoms with E-state index in [9.17, 15) is 22.8 Å². The summed E-state index contributed by atoms with van der Waals surface area (Å²) in [5, 5.41) is 8.71. The summed E-state index contributed by atoms with van der Waals surface area (Å²) in [5.74, 6) is -1.10. The molecule has 0 aromatic carbocycles. The fourth-order valence-electron chi connectivity index (χ4n) is 1.83. The number of carboxylic acid groups (broad SMARTS) is 1. The quantitative estimate of drug-likeness (QED) is 0.820. The zero-order valence-electron chi connectivity index (χ0n) is 12.1. The Morgan fingerprint density at radius 3 is 1.95 bits per heavy atom. The molecule has 0 aromatic rings. The summed E-state index contributed by atoms with van der Waals surface area (Å²) >= 11 is 0. The molecule has 0 rings (SSSR count). The Bertz CT molecular complexity index is 345. The van der Waals surface area contributed by atoms with Gasteiger partial charge in [-0.15, -0.1) is 0 Å². The first kappa shape index (κ1) is 18.5. The monoisotopic (exact) mass is 298 g/mol. The van der Waals surface area contributed by atoms with Crippen LogP contribution in [0.3, 0.4) is 0 Å². The molecular weight excluding hydrogens is 277 g/mol. The lowest BCUT2D eigenvalue weighted by molar-refractivity contribution is -0.145. The Kier molecular flexibility index (Phi) is 6.81. The number of urea groups is 1. The van der Waals surface area contributed by atoms with Gasteiger partial charge in [-0.2, -0.15) is 13.2 Å². The summed E-state index contributed by atoms with van der Waals surface area (Å²) in [7, 11) is 0. The van der Waals surface area contributed by atoms with Crippen LogP contribution >= 0.6 is 0 Å². The Morgan fingerprint density at radius 1 is 1.15 bits per heavy atom. The van der Waals surface area contributed by atoms with Crippen molar-refractivity contribution in [1.82, 2.24) is 9.80 Å². The van der Waals surface area contributed by atoms with Gasteiger partial charge in [-0.25, -0.2) is 4.79 Å². The van der Waals surface area contributed by atoms with Crippen LogP contribution in [0.5, 0.6) is 0 Å². The van der Waals surface area contributed by atoms with Gasteiger partial charge in [0, 0.05) is 18.6 Å². The SMILES string of the molecule is CCN(C(=O)N(CC(F)(F)F)C(C)C)C(C)CC(=O)O. The van der Waals surface area contributed by atoms with Crippen LogP contribution in [0.1, 0.15) is 34.1 Å². The number of amides is 2. The Hall–Kier alpha value is -1.47. The Labute approximate surface area is 116 Å². The third-order valence-corrected chi connectivity index (χ3v) is 2.81. The number of aliphatic carboxylic acids is 1. The lowest BCUT2D eigenvalue weighted by atomic mass is 10.2. The molecule has 0 saturated heterocycles. The van der Waals surface area contributed by atoms with Crippen LogP contribution in [0.2, 0.25) is 0 Å². The van der Waals surface area contributed by atoms with E-state index in [2.05, 4.69) is 0 Å². The van der Waals surface area contributed by atoms with E-state index in [0.29, 0.717) is 4.90 Å².